The molecule has 0 atom stereocenters. The van der Waals surface area contributed by atoms with E-state index in [1.807, 2.05) is 6.07 Å². The molecule has 1 aromatic rings. The van der Waals surface area contributed by atoms with Crippen LogP contribution in [0.1, 0.15) is 11.1 Å². The maximum Gasteiger partial charge on any atom is 0.304 e. The summed E-state index contributed by atoms with van der Waals surface area (Å²) >= 11 is 7.14. The highest BCUT2D eigenvalue weighted by Gasteiger charge is 1.96. The molecular formula is C9H7NO2S2. The van der Waals surface area contributed by atoms with Gasteiger partial charge in [-0.2, -0.15) is 5.26 Å². The number of hydrogen-bond donors (Lipinski definition) is 2. The van der Waals surface area contributed by atoms with Crippen LogP contribution in [0.25, 0.3) is 6.08 Å². The summed E-state index contributed by atoms with van der Waals surface area (Å²) in [6, 6.07) is 8.94. The minimum absolute atomic E-state index is 0.168. The summed E-state index contributed by atoms with van der Waals surface area (Å²) in [6.45, 7) is 0. The molecule has 0 radical (unpaired) electrons. The molecule has 0 saturated carbocycles. The van der Waals surface area contributed by atoms with Crippen molar-refractivity contribution < 1.29 is 8.37 Å². The Bertz CT molecular complexity index is 361. The van der Waals surface area contributed by atoms with Crippen LogP contribution in [0.2, 0.25) is 0 Å². The lowest BCUT2D eigenvalue weighted by Gasteiger charge is -2.00. The van der Waals surface area contributed by atoms with Crippen molar-refractivity contribution in [3.05, 3.63) is 41.3 Å². The van der Waals surface area contributed by atoms with Crippen molar-refractivity contribution in [2.24, 2.45) is 0 Å². The molecule has 0 fully saturated rings. The van der Waals surface area contributed by atoms with Gasteiger partial charge in [-0.15, -0.1) is 0 Å². The second kappa shape index (κ2) is 5.47. The number of nitrogens with zero attached hydrogens (tertiary/aromatic N) is 1. The maximum atomic E-state index is 8.56. The fraction of sp³-hybridized carbons (Fsp3) is 0. The molecule has 0 spiro atoms. The average Bonchev–Trinajstić information content (AvgIpc) is 2.26. The van der Waals surface area contributed by atoms with E-state index >= 15 is 0 Å². The normalized spacial score (nSPS) is 8.64. The molecule has 72 valence electrons. The largest absolute Gasteiger partial charge is 0.394 e. The van der Waals surface area contributed by atoms with Crippen LogP contribution >= 0.6 is 25.8 Å². The van der Waals surface area contributed by atoms with Crippen molar-refractivity contribution in [1.29, 1.82) is 5.26 Å². The zero-order valence-corrected chi connectivity index (χ0v) is 8.83. The highest BCUT2D eigenvalue weighted by Crippen LogP contribution is 2.12. The van der Waals surface area contributed by atoms with Crippen LogP contribution in [0, 0.1) is 11.3 Å². The smallest absolute Gasteiger partial charge is 0.304 e. The molecule has 14 heavy (non-hydrogen) atoms. The Hall–Kier alpha value is -1.25. The van der Waals surface area contributed by atoms with Gasteiger partial charge in [0.05, 0.1) is 11.6 Å². The monoisotopic (exact) mass is 225 g/mol. The lowest BCUT2D eigenvalue weighted by atomic mass is 10.1. The Morgan fingerprint density at radius 2 is 1.79 bits per heavy atom. The molecule has 0 saturated heterocycles. The fourth-order valence-corrected chi connectivity index (χ4v) is 1.10. The van der Waals surface area contributed by atoms with Gasteiger partial charge in [0, 0.05) is 31.9 Å². The van der Waals surface area contributed by atoms with Gasteiger partial charge in [0.15, 0.2) is 0 Å². The lowest BCUT2D eigenvalue weighted by molar-refractivity contribution is 0.299. The summed E-state index contributed by atoms with van der Waals surface area (Å²) in [5.41, 5.74) is 1.43. The Morgan fingerprint density at radius 3 is 2.21 bits per heavy atom. The molecule has 0 aliphatic carbocycles. The van der Waals surface area contributed by atoms with Crippen LogP contribution in [0.4, 0.5) is 0 Å². The summed E-state index contributed by atoms with van der Waals surface area (Å²) in [6.07, 6.45) is 1.60. The molecule has 5 heteroatoms. The quantitative estimate of drug-likeness (QED) is 0.472. The van der Waals surface area contributed by atoms with Crippen molar-refractivity contribution in [1.82, 2.24) is 0 Å². The molecular weight excluding hydrogens is 218 g/mol. The SMILES string of the molecule is N#Cc1ccc(C=C(OS)OS)cc1. The van der Waals surface area contributed by atoms with Crippen LogP contribution in [-0.4, -0.2) is 0 Å². The number of benzene rings is 1. The first-order valence-electron chi connectivity index (χ1n) is 3.65. The Morgan fingerprint density at radius 1 is 1.21 bits per heavy atom. The first-order valence-corrected chi connectivity index (χ1v) is 4.38. The number of rotatable bonds is 3. The zero-order chi connectivity index (χ0) is 10.4. The minimum atomic E-state index is 0.168. The van der Waals surface area contributed by atoms with Gasteiger partial charge >= 0.3 is 5.95 Å². The highest BCUT2D eigenvalue weighted by molar-refractivity contribution is 7.75. The van der Waals surface area contributed by atoms with Crippen LogP contribution in [-0.2, 0) is 8.37 Å². The molecule has 0 aromatic heterocycles. The van der Waals surface area contributed by atoms with Crippen molar-refractivity contribution >= 4 is 31.9 Å². The van der Waals surface area contributed by atoms with Crippen molar-refractivity contribution in [2.75, 3.05) is 0 Å². The standard InChI is InChI=1S/C9H7NO2S2/c10-6-8-3-1-7(2-4-8)5-9(11-13)12-14/h1-5,13-14H. The van der Waals surface area contributed by atoms with Gasteiger partial charge in [0.1, 0.15) is 0 Å². The number of hydrogen-bond acceptors (Lipinski definition) is 5. The molecule has 0 aliphatic heterocycles. The van der Waals surface area contributed by atoms with E-state index in [0.29, 0.717) is 5.56 Å². The predicted octanol–water partition coefficient (Wildman–Crippen LogP) is 2.58. The molecule has 0 aliphatic rings. The first-order chi connectivity index (χ1) is 6.80. The third-order valence-electron chi connectivity index (χ3n) is 1.50. The predicted molar refractivity (Wildman–Crippen MR) is 59.3 cm³/mol. The summed E-state index contributed by atoms with van der Waals surface area (Å²) in [7, 11) is 0. The van der Waals surface area contributed by atoms with E-state index in [9.17, 15) is 0 Å². The van der Waals surface area contributed by atoms with Crippen LogP contribution < -0.4 is 0 Å². The second-order valence-electron chi connectivity index (χ2n) is 2.38. The molecule has 0 bridgehead atoms. The van der Waals surface area contributed by atoms with Crippen molar-refractivity contribution in [2.45, 2.75) is 0 Å². The maximum absolute atomic E-state index is 8.56. The Kier molecular flexibility index (Phi) is 4.23. The molecule has 1 aromatic carbocycles. The third kappa shape index (κ3) is 2.91. The highest BCUT2D eigenvalue weighted by atomic mass is 32.1. The molecule has 0 unspecified atom stereocenters. The number of nitriles is 1. The van der Waals surface area contributed by atoms with E-state index in [4.69, 9.17) is 5.26 Å². The molecule has 1 rings (SSSR count). The van der Waals surface area contributed by atoms with Gasteiger partial charge < -0.3 is 8.37 Å². The molecule has 0 heterocycles. The van der Waals surface area contributed by atoms with Crippen LogP contribution in [0.15, 0.2) is 30.2 Å². The van der Waals surface area contributed by atoms with Gasteiger partial charge in [-0.1, -0.05) is 12.1 Å². The molecule has 0 N–H and O–H groups in total. The first kappa shape index (κ1) is 10.8. The Labute approximate surface area is 93.2 Å². The Balaban J connectivity index is 2.88. The second-order valence-corrected chi connectivity index (χ2v) is 2.74. The van der Waals surface area contributed by atoms with E-state index in [2.05, 4.69) is 34.2 Å². The average molecular weight is 225 g/mol. The van der Waals surface area contributed by atoms with E-state index in [-0.39, 0.29) is 5.95 Å². The topological polar surface area (TPSA) is 42.2 Å². The zero-order valence-electron chi connectivity index (χ0n) is 7.04. The van der Waals surface area contributed by atoms with Gasteiger partial charge in [0.2, 0.25) is 0 Å². The van der Waals surface area contributed by atoms with Gasteiger partial charge in [0.25, 0.3) is 0 Å². The molecule has 3 nitrogen and oxygen atoms in total. The van der Waals surface area contributed by atoms with E-state index in [1.165, 1.54) is 0 Å². The summed E-state index contributed by atoms with van der Waals surface area (Å²) in [5.74, 6) is 0.168. The van der Waals surface area contributed by atoms with E-state index in [1.54, 1.807) is 30.3 Å². The van der Waals surface area contributed by atoms with E-state index in [0.717, 1.165) is 5.56 Å². The summed E-state index contributed by atoms with van der Waals surface area (Å²) in [4.78, 5) is 0. The van der Waals surface area contributed by atoms with Crippen LogP contribution in [0.3, 0.4) is 0 Å². The lowest BCUT2D eigenvalue weighted by Crippen LogP contribution is -1.82. The fourth-order valence-electron chi connectivity index (χ4n) is 0.859. The van der Waals surface area contributed by atoms with Crippen molar-refractivity contribution in [3.8, 4) is 6.07 Å². The van der Waals surface area contributed by atoms with Crippen LogP contribution in [0.5, 0.6) is 0 Å². The summed E-state index contributed by atoms with van der Waals surface area (Å²) in [5, 5.41) is 8.56. The molecule has 0 amide bonds. The summed E-state index contributed by atoms with van der Waals surface area (Å²) < 4.78 is 9.10. The minimum Gasteiger partial charge on any atom is -0.394 e. The van der Waals surface area contributed by atoms with Gasteiger partial charge in [-0.25, -0.2) is 0 Å². The van der Waals surface area contributed by atoms with Gasteiger partial charge in [-0.05, 0) is 17.7 Å². The number of thiol groups is 2. The van der Waals surface area contributed by atoms with E-state index < -0.39 is 0 Å². The third-order valence-corrected chi connectivity index (χ3v) is 1.86. The van der Waals surface area contributed by atoms with Crippen molar-refractivity contribution in [3.63, 3.8) is 0 Å². The van der Waals surface area contributed by atoms with Gasteiger partial charge in [-0.3, -0.25) is 0 Å².